The first kappa shape index (κ1) is 36.6. The van der Waals surface area contributed by atoms with Gasteiger partial charge in [0.1, 0.15) is 23.2 Å². The Kier molecular flexibility index (Phi) is 12.1. The number of alkyl halides is 5. The fourth-order valence-electron chi connectivity index (χ4n) is 7.63. The maximum absolute atomic E-state index is 15.3. The smallest absolute Gasteiger partial charge is 0.409 e. The first-order valence-electron chi connectivity index (χ1n) is 17.2. The maximum atomic E-state index is 15.3. The van der Waals surface area contributed by atoms with Gasteiger partial charge in [0.25, 0.3) is 0 Å². The highest BCUT2D eigenvalue weighted by Crippen LogP contribution is 2.47. The number of hydrogen-bond acceptors (Lipinski definition) is 3. The van der Waals surface area contributed by atoms with Crippen LogP contribution in [0.3, 0.4) is 0 Å². The van der Waals surface area contributed by atoms with Crippen LogP contribution in [-0.4, -0.2) is 25.5 Å². The average molecular weight is 689 g/mol. The van der Waals surface area contributed by atoms with Gasteiger partial charge in [0.05, 0.1) is 19.1 Å². The topological polar surface area (TPSA) is 27.7 Å². The first-order valence-corrected chi connectivity index (χ1v) is 17.2. The number of hydrogen-bond donors (Lipinski definition) is 0. The monoisotopic (exact) mass is 688 g/mol. The van der Waals surface area contributed by atoms with Gasteiger partial charge < -0.3 is 14.2 Å². The molecule has 0 amide bonds. The summed E-state index contributed by atoms with van der Waals surface area (Å²) >= 11 is 0. The normalized spacial score (nSPS) is 27.4. The second kappa shape index (κ2) is 15.9. The van der Waals surface area contributed by atoms with Gasteiger partial charge in [-0.1, -0.05) is 38.3 Å². The van der Waals surface area contributed by atoms with Crippen molar-refractivity contribution in [2.24, 2.45) is 23.7 Å². The Bertz CT molecular complexity index is 1350. The molecule has 2 saturated carbocycles. The molecule has 2 aromatic rings. The first-order chi connectivity index (χ1) is 22.8. The molecular formula is C37H44F8O3. The standard InChI is InChI=1S/C37H44F8O3/c1-2-3-4-5-23-21-46-35(47-22-23)27-12-15-30(32(38)18-27)26-8-6-24(7-9-26)25-10-13-28(14-11-25)37(44,45)48-29-19-33(39)31(34(40)20-29)16-17-36(41,42)43/h12,15-20,23-26,28,35H,2-11,13-14,21-22H2,1H3. The van der Waals surface area contributed by atoms with Crippen molar-refractivity contribution in [3.05, 3.63) is 70.5 Å². The predicted molar refractivity (Wildman–Crippen MR) is 166 cm³/mol. The fourth-order valence-corrected chi connectivity index (χ4v) is 7.63. The fraction of sp³-hybridized carbons (Fsp3) is 0.622. The molecule has 0 bridgehead atoms. The molecule has 0 radical (unpaired) electrons. The molecule has 1 heterocycles. The minimum atomic E-state index is -4.79. The zero-order valence-electron chi connectivity index (χ0n) is 27.2. The molecule has 0 spiro atoms. The highest BCUT2D eigenvalue weighted by molar-refractivity contribution is 5.53. The largest absolute Gasteiger partial charge is 0.432 e. The zero-order valence-corrected chi connectivity index (χ0v) is 27.2. The van der Waals surface area contributed by atoms with Crippen LogP contribution in [0.15, 0.2) is 36.4 Å². The van der Waals surface area contributed by atoms with Crippen LogP contribution in [0.1, 0.15) is 113 Å². The predicted octanol–water partition coefficient (Wildman–Crippen LogP) is 11.7. The zero-order chi connectivity index (χ0) is 34.5. The molecule has 3 aliphatic rings. The lowest BCUT2D eigenvalue weighted by molar-refractivity contribution is -0.224. The minimum Gasteiger partial charge on any atom is -0.432 e. The third kappa shape index (κ3) is 9.52. The molecule has 11 heteroatoms. The van der Waals surface area contributed by atoms with Crippen LogP contribution >= 0.6 is 0 Å². The van der Waals surface area contributed by atoms with Crippen LogP contribution in [0.2, 0.25) is 0 Å². The molecule has 3 nitrogen and oxygen atoms in total. The molecule has 2 aromatic carbocycles. The van der Waals surface area contributed by atoms with E-state index in [9.17, 15) is 22.0 Å². The van der Waals surface area contributed by atoms with E-state index in [-0.39, 0.29) is 42.6 Å². The summed E-state index contributed by atoms with van der Waals surface area (Å²) in [5, 5.41) is 0. The van der Waals surface area contributed by atoms with E-state index in [1.165, 1.54) is 18.9 Å². The van der Waals surface area contributed by atoms with E-state index in [4.69, 9.17) is 14.2 Å². The molecule has 266 valence electrons. The van der Waals surface area contributed by atoms with Gasteiger partial charge in [-0.15, -0.1) is 0 Å². The van der Waals surface area contributed by atoms with Crippen LogP contribution in [-0.2, 0) is 9.47 Å². The van der Waals surface area contributed by atoms with E-state index in [1.807, 2.05) is 12.1 Å². The summed E-state index contributed by atoms with van der Waals surface area (Å²) in [4.78, 5) is 0. The molecule has 1 saturated heterocycles. The number of ether oxygens (including phenoxy) is 3. The number of unbranched alkanes of at least 4 members (excludes halogenated alkanes) is 2. The van der Waals surface area contributed by atoms with Crippen molar-refractivity contribution >= 4 is 6.08 Å². The van der Waals surface area contributed by atoms with Gasteiger partial charge in [0.15, 0.2) is 6.29 Å². The van der Waals surface area contributed by atoms with Crippen LogP contribution in [0.4, 0.5) is 35.1 Å². The second-order valence-electron chi connectivity index (χ2n) is 13.7. The summed E-state index contributed by atoms with van der Waals surface area (Å²) in [6.45, 7) is 3.39. The van der Waals surface area contributed by atoms with Crippen LogP contribution in [0.25, 0.3) is 6.08 Å². The maximum Gasteiger partial charge on any atom is 0.409 e. The van der Waals surface area contributed by atoms with E-state index in [0.717, 1.165) is 38.5 Å². The van der Waals surface area contributed by atoms with Crippen molar-refractivity contribution in [1.82, 2.24) is 0 Å². The lowest BCUT2D eigenvalue weighted by Crippen LogP contribution is -2.38. The number of allylic oxidation sites excluding steroid dienone is 1. The van der Waals surface area contributed by atoms with Crippen LogP contribution in [0, 0.1) is 41.1 Å². The highest BCUT2D eigenvalue weighted by Gasteiger charge is 2.45. The van der Waals surface area contributed by atoms with E-state index < -0.39 is 47.4 Å². The van der Waals surface area contributed by atoms with Crippen molar-refractivity contribution < 1.29 is 49.3 Å². The molecule has 0 N–H and O–H groups in total. The van der Waals surface area contributed by atoms with Crippen molar-refractivity contribution in [2.75, 3.05) is 13.2 Å². The Labute approximate surface area is 277 Å². The quantitative estimate of drug-likeness (QED) is 0.174. The lowest BCUT2D eigenvalue weighted by atomic mass is 9.68. The van der Waals surface area contributed by atoms with Gasteiger partial charge in [-0.2, -0.15) is 22.0 Å². The third-order valence-electron chi connectivity index (χ3n) is 10.4. The van der Waals surface area contributed by atoms with Gasteiger partial charge in [-0.3, -0.25) is 0 Å². The molecule has 5 rings (SSSR count). The van der Waals surface area contributed by atoms with Gasteiger partial charge in [-0.05, 0) is 93.2 Å². The average Bonchev–Trinajstić information content (AvgIpc) is 3.04. The Morgan fingerprint density at radius 2 is 1.38 bits per heavy atom. The molecule has 0 atom stereocenters. The molecular weight excluding hydrogens is 644 g/mol. The Balaban J connectivity index is 1.08. The highest BCUT2D eigenvalue weighted by atomic mass is 19.4. The number of halogens is 8. The van der Waals surface area contributed by atoms with Gasteiger partial charge in [-0.25, -0.2) is 13.2 Å². The molecule has 0 aromatic heterocycles. The molecule has 3 fully saturated rings. The lowest BCUT2D eigenvalue weighted by Gasteiger charge is -2.39. The van der Waals surface area contributed by atoms with Crippen LogP contribution in [0.5, 0.6) is 5.75 Å². The summed E-state index contributed by atoms with van der Waals surface area (Å²) in [5.74, 6) is -4.05. The van der Waals surface area contributed by atoms with E-state index in [1.54, 1.807) is 0 Å². The van der Waals surface area contributed by atoms with Crippen molar-refractivity contribution in [3.8, 4) is 5.75 Å². The van der Waals surface area contributed by atoms with Gasteiger partial charge in [0.2, 0.25) is 0 Å². The Morgan fingerprint density at radius 1 is 0.771 bits per heavy atom. The van der Waals surface area contributed by atoms with E-state index in [0.29, 0.717) is 61.2 Å². The van der Waals surface area contributed by atoms with E-state index >= 15 is 13.2 Å². The van der Waals surface area contributed by atoms with Crippen molar-refractivity contribution in [3.63, 3.8) is 0 Å². The molecule has 1 aliphatic heterocycles. The Hall–Kier alpha value is -2.66. The third-order valence-corrected chi connectivity index (χ3v) is 10.4. The second-order valence-corrected chi connectivity index (χ2v) is 13.7. The summed E-state index contributed by atoms with van der Waals surface area (Å²) in [7, 11) is 0. The number of rotatable bonds is 11. The van der Waals surface area contributed by atoms with Crippen LogP contribution < -0.4 is 4.74 Å². The van der Waals surface area contributed by atoms with Crippen molar-refractivity contribution in [2.45, 2.75) is 108 Å². The van der Waals surface area contributed by atoms with Crippen molar-refractivity contribution in [1.29, 1.82) is 0 Å². The summed E-state index contributed by atoms with van der Waals surface area (Å²) < 4.78 is 128. The van der Waals surface area contributed by atoms with E-state index in [2.05, 4.69) is 6.92 Å². The molecule has 0 unspecified atom stereocenters. The van der Waals surface area contributed by atoms with Gasteiger partial charge in [0, 0.05) is 35.3 Å². The molecule has 2 aliphatic carbocycles. The number of benzene rings is 2. The summed E-state index contributed by atoms with van der Waals surface area (Å²) in [6, 6.07) is 6.19. The SMILES string of the molecule is CCCCCC1COC(c2ccc(C3CCC(C4CCC(C(F)(F)Oc5cc(F)c(C=CC(F)(F)F)c(F)c5)CC4)CC3)c(F)c2)OC1. The summed E-state index contributed by atoms with van der Waals surface area (Å²) in [5.41, 5.74) is 0.371. The summed E-state index contributed by atoms with van der Waals surface area (Å²) in [6.07, 6.45) is 0.169. The Morgan fingerprint density at radius 3 is 1.94 bits per heavy atom. The molecule has 48 heavy (non-hydrogen) atoms. The minimum absolute atomic E-state index is 0.0802. The van der Waals surface area contributed by atoms with Gasteiger partial charge >= 0.3 is 12.3 Å².